The summed E-state index contributed by atoms with van der Waals surface area (Å²) in [7, 11) is 1.53. The highest BCUT2D eigenvalue weighted by Gasteiger charge is 2.10. The van der Waals surface area contributed by atoms with Gasteiger partial charge in [-0.1, -0.05) is 48.9 Å². The van der Waals surface area contributed by atoms with Crippen LogP contribution in [0.3, 0.4) is 0 Å². The van der Waals surface area contributed by atoms with Gasteiger partial charge in [0.1, 0.15) is 18.2 Å². The molecule has 0 aliphatic carbocycles. The highest BCUT2D eigenvalue weighted by molar-refractivity contribution is 5.83. The van der Waals surface area contributed by atoms with Gasteiger partial charge >= 0.3 is 0 Å². The Hall–Kier alpha value is -3.38. The van der Waals surface area contributed by atoms with E-state index in [-0.39, 0.29) is 12.5 Å². The zero-order valence-electron chi connectivity index (χ0n) is 19.8. The maximum atomic E-state index is 11.5. The monoisotopic (exact) mass is 459 g/mol. The van der Waals surface area contributed by atoms with Gasteiger partial charge in [0.15, 0.2) is 0 Å². The quantitative estimate of drug-likeness (QED) is 0.281. The molecule has 0 saturated carbocycles. The number of aromatic nitrogens is 2. The van der Waals surface area contributed by atoms with Crippen molar-refractivity contribution in [3.8, 4) is 5.75 Å². The van der Waals surface area contributed by atoms with Gasteiger partial charge in [-0.25, -0.2) is 4.98 Å². The number of rotatable bonds is 13. The molecule has 4 rings (SSSR count). The summed E-state index contributed by atoms with van der Waals surface area (Å²) in [5, 5.41) is 5.29. The molecule has 0 radical (unpaired) electrons. The Morgan fingerprint density at radius 3 is 2.65 bits per heavy atom. The van der Waals surface area contributed by atoms with Crippen LogP contribution >= 0.6 is 0 Å². The minimum Gasteiger partial charge on any atom is -0.494 e. The summed E-state index contributed by atoms with van der Waals surface area (Å²) < 4.78 is 13.2. The number of para-hydroxylation sites is 2. The molecule has 3 aromatic carbocycles. The zero-order chi connectivity index (χ0) is 23.6. The number of carbonyl (C=O) groups is 1. The first-order valence-electron chi connectivity index (χ1n) is 12.1. The summed E-state index contributed by atoms with van der Waals surface area (Å²) in [6.45, 7) is 2.33. The molecule has 0 aliphatic heterocycles. The van der Waals surface area contributed by atoms with Crippen molar-refractivity contribution in [2.75, 3.05) is 26.9 Å². The molecule has 0 fully saturated rings. The number of imidazole rings is 1. The van der Waals surface area contributed by atoms with Gasteiger partial charge in [0, 0.05) is 26.6 Å². The summed E-state index contributed by atoms with van der Waals surface area (Å²) in [5.41, 5.74) is 2.22. The molecule has 0 bridgehead atoms. The van der Waals surface area contributed by atoms with Crippen LogP contribution in [0.4, 0.5) is 0 Å². The van der Waals surface area contributed by atoms with E-state index in [4.69, 9.17) is 14.5 Å². The Morgan fingerprint density at radius 1 is 0.941 bits per heavy atom. The fourth-order valence-corrected chi connectivity index (χ4v) is 4.23. The average molecular weight is 460 g/mol. The fraction of sp³-hybridized carbons (Fsp3) is 0.357. The second-order valence-electron chi connectivity index (χ2n) is 8.47. The molecule has 0 spiro atoms. The van der Waals surface area contributed by atoms with Crippen LogP contribution in [0.1, 0.15) is 31.5 Å². The third kappa shape index (κ3) is 6.35. The number of hydrogen-bond acceptors (Lipinski definition) is 4. The van der Waals surface area contributed by atoms with Gasteiger partial charge in [-0.2, -0.15) is 0 Å². The number of carbonyl (C=O) groups excluding carboxylic acids is 1. The second kappa shape index (κ2) is 12.2. The van der Waals surface area contributed by atoms with Gasteiger partial charge in [-0.3, -0.25) is 4.79 Å². The number of methoxy groups -OCH3 is 1. The molecule has 0 atom stereocenters. The van der Waals surface area contributed by atoms with Gasteiger partial charge < -0.3 is 19.4 Å². The molecule has 4 aromatic rings. The van der Waals surface area contributed by atoms with E-state index in [0.717, 1.165) is 55.7 Å². The van der Waals surface area contributed by atoms with Gasteiger partial charge in [0.25, 0.3) is 0 Å². The third-order valence-corrected chi connectivity index (χ3v) is 5.92. The van der Waals surface area contributed by atoms with E-state index in [2.05, 4.69) is 64.5 Å². The molecular weight excluding hydrogens is 426 g/mol. The van der Waals surface area contributed by atoms with Crippen LogP contribution in [-0.2, 0) is 22.5 Å². The summed E-state index contributed by atoms with van der Waals surface area (Å²) in [4.78, 5) is 16.3. The first kappa shape index (κ1) is 23.8. The predicted octanol–water partition coefficient (Wildman–Crippen LogP) is 5.13. The molecule has 0 saturated heterocycles. The summed E-state index contributed by atoms with van der Waals surface area (Å²) in [6.07, 6.45) is 4.87. The molecule has 6 nitrogen and oxygen atoms in total. The van der Waals surface area contributed by atoms with Crippen LogP contribution in [0.2, 0.25) is 0 Å². The molecular formula is C28H33N3O3. The smallest absolute Gasteiger partial charge is 0.245 e. The lowest BCUT2D eigenvalue weighted by Gasteiger charge is -2.11. The lowest BCUT2D eigenvalue weighted by atomic mass is 10.1. The third-order valence-electron chi connectivity index (χ3n) is 5.92. The van der Waals surface area contributed by atoms with Crippen molar-refractivity contribution >= 4 is 27.7 Å². The lowest BCUT2D eigenvalue weighted by Crippen LogP contribution is -2.27. The number of fused-ring (bicyclic) bond motifs is 2. The topological polar surface area (TPSA) is 65.4 Å². The Labute approximate surface area is 200 Å². The van der Waals surface area contributed by atoms with Crippen molar-refractivity contribution in [3.05, 3.63) is 72.6 Å². The Kier molecular flexibility index (Phi) is 8.52. The number of aryl methyl sites for hydroxylation is 2. The number of ether oxygens (including phenoxy) is 2. The van der Waals surface area contributed by atoms with Gasteiger partial charge in [-0.05, 0) is 54.3 Å². The maximum Gasteiger partial charge on any atom is 0.245 e. The Bertz CT molecular complexity index is 1220. The molecule has 0 aliphatic rings. The van der Waals surface area contributed by atoms with Crippen molar-refractivity contribution in [1.82, 2.24) is 14.9 Å². The van der Waals surface area contributed by atoms with E-state index in [1.807, 2.05) is 12.1 Å². The van der Waals surface area contributed by atoms with E-state index < -0.39 is 0 Å². The van der Waals surface area contributed by atoms with E-state index in [0.29, 0.717) is 13.2 Å². The highest BCUT2D eigenvalue weighted by Crippen LogP contribution is 2.21. The number of unbranched alkanes of at least 4 members (excludes halogenated alkanes) is 2. The number of nitrogens with one attached hydrogen (secondary N) is 1. The number of nitrogens with zero attached hydrogens (tertiary/aromatic N) is 2. The summed E-state index contributed by atoms with van der Waals surface area (Å²) >= 11 is 0. The van der Waals surface area contributed by atoms with E-state index in [1.165, 1.54) is 23.4 Å². The van der Waals surface area contributed by atoms with Crippen LogP contribution in [0, 0.1) is 0 Å². The molecule has 1 aromatic heterocycles. The largest absolute Gasteiger partial charge is 0.494 e. The molecule has 6 heteroatoms. The second-order valence-corrected chi connectivity index (χ2v) is 8.47. The molecule has 178 valence electrons. The zero-order valence-corrected chi connectivity index (χ0v) is 19.8. The molecule has 34 heavy (non-hydrogen) atoms. The molecule has 1 heterocycles. The minimum atomic E-state index is -0.0600. The van der Waals surface area contributed by atoms with Crippen molar-refractivity contribution in [3.63, 3.8) is 0 Å². The van der Waals surface area contributed by atoms with E-state index in [9.17, 15) is 4.79 Å². The van der Waals surface area contributed by atoms with Crippen molar-refractivity contribution < 1.29 is 14.3 Å². The molecule has 0 unspecified atom stereocenters. The first-order valence-corrected chi connectivity index (χ1v) is 12.1. The standard InChI is InChI=1S/C28H33N3O3/c1-33-21-28(32)29-17-8-2-3-14-27-30-25-12-6-7-13-26(25)31(27)18-9-19-34-24-16-15-22-10-4-5-11-23(22)20-24/h4-7,10-13,15-16,20H,2-3,8-9,14,17-19,21H2,1H3,(H,29,32). The minimum absolute atomic E-state index is 0.0600. The van der Waals surface area contributed by atoms with Crippen molar-refractivity contribution in [2.45, 2.75) is 38.6 Å². The fourth-order valence-electron chi connectivity index (χ4n) is 4.23. The van der Waals surface area contributed by atoms with E-state index in [1.54, 1.807) is 0 Å². The van der Waals surface area contributed by atoms with Crippen LogP contribution in [0.5, 0.6) is 5.75 Å². The molecule has 1 amide bonds. The number of benzene rings is 3. The lowest BCUT2D eigenvalue weighted by molar-refractivity contribution is -0.124. The van der Waals surface area contributed by atoms with Crippen LogP contribution in [0.15, 0.2) is 66.7 Å². The maximum absolute atomic E-state index is 11.5. The highest BCUT2D eigenvalue weighted by atomic mass is 16.5. The van der Waals surface area contributed by atoms with Gasteiger partial charge in [0.05, 0.1) is 17.6 Å². The number of hydrogen-bond donors (Lipinski definition) is 1. The SMILES string of the molecule is COCC(=O)NCCCCCc1nc2ccccc2n1CCCOc1ccc2ccccc2c1. The van der Waals surface area contributed by atoms with Crippen LogP contribution < -0.4 is 10.1 Å². The van der Waals surface area contributed by atoms with Crippen LogP contribution in [0.25, 0.3) is 21.8 Å². The number of amides is 1. The van der Waals surface area contributed by atoms with Gasteiger partial charge in [0.2, 0.25) is 5.91 Å². The first-order chi connectivity index (χ1) is 16.7. The summed E-state index contributed by atoms with van der Waals surface area (Å²) in [5.74, 6) is 1.97. The average Bonchev–Trinajstić information content (AvgIpc) is 3.21. The normalized spacial score (nSPS) is 11.2. The Balaban J connectivity index is 1.28. The van der Waals surface area contributed by atoms with Crippen molar-refractivity contribution in [1.29, 1.82) is 0 Å². The predicted molar refractivity (Wildman–Crippen MR) is 136 cm³/mol. The Morgan fingerprint density at radius 2 is 1.76 bits per heavy atom. The van der Waals surface area contributed by atoms with Crippen LogP contribution in [-0.4, -0.2) is 42.3 Å². The summed E-state index contributed by atoms with van der Waals surface area (Å²) in [6, 6.07) is 22.9. The van der Waals surface area contributed by atoms with Crippen molar-refractivity contribution in [2.24, 2.45) is 0 Å². The molecule has 1 N–H and O–H groups in total. The van der Waals surface area contributed by atoms with E-state index >= 15 is 0 Å². The van der Waals surface area contributed by atoms with Gasteiger partial charge in [-0.15, -0.1) is 0 Å².